The quantitative estimate of drug-likeness (QED) is 0.741. The van der Waals surface area contributed by atoms with Crippen LogP contribution in [0, 0.1) is 11.3 Å². The second-order valence-corrected chi connectivity index (χ2v) is 3.60. The molecule has 0 amide bonds. The van der Waals surface area contributed by atoms with E-state index in [-0.39, 0.29) is 0 Å². The van der Waals surface area contributed by atoms with Crippen molar-refractivity contribution in [2.45, 2.75) is 13.3 Å². The van der Waals surface area contributed by atoms with Crippen molar-refractivity contribution in [3.63, 3.8) is 0 Å². The van der Waals surface area contributed by atoms with Gasteiger partial charge in [-0.2, -0.15) is 5.26 Å². The van der Waals surface area contributed by atoms with Gasteiger partial charge in [0, 0.05) is 4.47 Å². The van der Waals surface area contributed by atoms with Crippen LogP contribution in [0.2, 0.25) is 5.02 Å². The fourth-order valence-corrected chi connectivity index (χ4v) is 1.72. The van der Waals surface area contributed by atoms with Crippen molar-refractivity contribution in [1.29, 1.82) is 5.26 Å². The third-order valence-electron chi connectivity index (χ3n) is 1.61. The van der Waals surface area contributed by atoms with Gasteiger partial charge in [-0.05, 0) is 40.0 Å². The number of halogens is 2. The number of benzene rings is 1. The van der Waals surface area contributed by atoms with E-state index in [2.05, 4.69) is 22.0 Å². The summed E-state index contributed by atoms with van der Waals surface area (Å²) in [6.07, 6.45) is 0.871. The molecule has 12 heavy (non-hydrogen) atoms. The van der Waals surface area contributed by atoms with Gasteiger partial charge < -0.3 is 0 Å². The van der Waals surface area contributed by atoms with Gasteiger partial charge in [-0.1, -0.05) is 18.5 Å². The van der Waals surface area contributed by atoms with Crippen LogP contribution in [0.25, 0.3) is 0 Å². The van der Waals surface area contributed by atoms with Crippen LogP contribution in [0.5, 0.6) is 0 Å². The Hall–Kier alpha value is -0.520. The van der Waals surface area contributed by atoms with Gasteiger partial charge >= 0.3 is 0 Å². The van der Waals surface area contributed by atoms with Crippen molar-refractivity contribution >= 4 is 27.5 Å². The zero-order valence-electron chi connectivity index (χ0n) is 6.56. The monoisotopic (exact) mass is 243 g/mol. The fourth-order valence-electron chi connectivity index (χ4n) is 0.968. The molecule has 3 heteroatoms. The summed E-state index contributed by atoms with van der Waals surface area (Å²) in [5.41, 5.74) is 1.68. The fraction of sp³-hybridized carbons (Fsp3) is 0.222. The third kappa shape index (κ3) is 1.80. The molecule has 1 aromatic rings. The zero-order chi connectivity index (χ0) is 9.14. The van der Waals surface area contributed by atoms with E-state index in [1.807, 2.05) is 13.0 Å². The highest BCUT2D eigenvalue weighted by Crippen LogP contribution is 2.28. The molecule has 0 bridgehead atoms. The summed E-state index contributed by atoms with van der Waals surface area (Å²) >= 11 is 9.24. The molecule has 0 saturated heterocycles. The summed E-state index contributed by atoms with van der Waals surface area (Å²) in [7, 11) is 0. The summed E-state index contributed by atoms with van der Waals surface area (Å²) in [5, 5.41) is 9.25. The number of nitrogens with zero attached hydrogens (tertiary/aromatic N) is 1. The molecule has 0 aliphatic carbocycles. The lowest BCUT2D eigenvalue weighted by molar-refractivity contribution is 1.12. The smallest absolute Gasteiger partial charge is 0.0992 e. The topological polar surface area (TPSA) is 23.8 Å². The van der Waals surface area contributed by atoms with Crippen molar-refractivity contribution < 1.29 is 0 Å². The molecule has 1 aromatic carbocycles. The third-order valence-corrected chi connectivity index (χ3v) is 3.08. The molecule has 0 heterocycles. The van der Waals surface area contributed by atoms with Crippen molar-refractivity contribution in [3.8, 4) is 6.07 Å². The highest BCUT2D eigenvalue weighted by Gasteiger charge is 2.04. The van der Waals surface area contributed by atoms with Crippen LogP contribution in [-0.4, -0.2) is 0 Å². The lowest BCUT2D eigenvalue weighted by Crippen LogP contribution is -1.86. The first-order valence-corrected chi connectivity index (χ1v) is 4.74. The molecule has 0 atom stereocenters. The van der Waals surface area contributed by atoms with E-state index in [9.17, 15) is 0 Å². The second kappa shape index (κ2) is 3.93. The average Bonchev–Trinajstić information content (AvgIpc) is 2.09. The lowest BCUT2D eigenvalue weighted by Gasteiger charge is -2.03. The van der Waals surface area contributed by atoms with E-state index in [4.69, 9.17) is 16.9 Å². The Balaban J connectivity index is 3.31. The molecule has 1 nitrogen and oxygen atoms in total. The molecule has 0 saturated carbocycles. The first-order valence-electron chi connectivity index (χ1n) is 3.57. The molecular formula is C9H7BrClN. The van der Waals surface area contributed by atoms with Crippen molar-refractivity contribution in [2.24, 2.45) is 0 Å². The van der Waals surface area contributed by atoms with Crippen LogP contribution in [0.3, 0.4) is 0 Å². The Morgan fingerprint density at radius 2 is 2.25 bits per heavy atom. The molecule has 0 N–H and O–H groups in total. The van der Waals surface area contributed by atoms with Gasteiger partial charge in [0.15, 0.2) is 0 Å². The van der Waals surface area contributed by atoms with Gasteiger partial charge in [0.2, 0.25) is 0 Å². The summed E-state index contributed by atoms with van der Waals surface area (Å²) in [6, 6.07) is 5.57. The number of aryl methyl sites for hydroxylation is 1. The molecule has 0 spiro atoms. The number of nitriles is 1. The average molecular weight is 245 g/mol. The summed E-state index contributed by atoms with van der Waals surface area (Å²) in [6.45, 7) is 2.03. The van der Waals surface area contributed by atoms with Crippen molar-refractivity contribution in [2.75, 3.05) is 0 Å². The van der Waals surface area contributed by atoms with Gasteiger partial charge in [0.1, 0.15) is 0 Å². The maximum atomic E-state index is 8.65. The number of hydrogen-bond acceptors (Lipinski definition) is 1. The Kier molecular flexibility index (Phi) is 3.13. The normalized spacial score (nSPS) is 9.50. The molecule has 0 aliphatic heterocycles. The molecule has 0 aromatic heterocycles. The highest BCUT2D eigenvalue weighted by atomic mass is 79.9. The molecular weight excluding hydrogens is 237 g/mol. The summed E-state index contributed by atoms with van der Waals surface area (Å²) in [5.74, 6) is 0. The lowest BCUT2D eigenvalue weighted by atomic mass is 10.1. The molecule has 0 radical (unpaired) electrons. The second-order valence-electron chi connectivity index (χ2n) is 2.40. The predicted molar refractivity (Wildman–Crippen MR) is 53.2 cm³/mol. The van der Waals surface area contributed by atoms with E-state index < -0.39 is 0 Å². The molecule has 62 valence electrons. The minimum absolute atomic E-state index is 0.603. The minimum atomic E-state index is 0.603. The number of hydrogen-bond donors (Lipinski definition) is 0. The Bertz CT molecular complexity index is 341. The molecule has 0 unspecified atom stereocenters. The predicted octanol–water partition coefficient (Wildman–Crippen LogP) is 3.54. The largest absolute Gasteiger partial charge is 0.192 e. The Labute approximate surface area is 85.1 Å². The van der Waals surface area contributed by atoms with Gasteiger partial charge in [-0.3, -0.25) is 0 Å². The van der Waals surface area contributed by atoms with E-state index in [0.29, 0.717) is 10.6 Å². The first kappa shape index (κ1) is 9.57. The van der Waals surface area contributed by atoms with Crippen LogP contribution >= 0.6 is 27.5 Å². The molecule has 1 rings (SSSR count). The van der Waals surface area contributed by atoms with Crippen LogP contribution in [0.1, 0.15) is 18.1 Å². The van der Waals surface area contributed by atoms with E-state index >= 15 is 0 Å². The van der Waals surface area contributed by atoms with Gasteiger partial charge in [0.25, 0.3) is 0 Å². The van der Waals surface area contributed by atoms with E-state index in [1.165, 1.54) is 0 Å². The van der Waals surface area contributed by atoms with E-state index in [0.717, 1.165) is 16.5 Å². The van der Waals surface area contributed by atoms with E-state index in [1.54, 1.807) is 6.07 Å². The van der Waals surface area contributed by atoms with Gasteiger partial charge in [0.05, 0.1) is 16.7 Å². The zero-order valence-corrected chi connectivity index (χ0v) is 8.91. The van der Waals surface area contributed by atoms with Gasteiger partial charge in [-0.15, -0.1) is 0 Å². The standard InChI is InChI=1S/C9H7BrClN/c1-2-7-3-6(5-12)4-8(11)9(7)10/h3-4H,2H2,1H3. The van der Waals surface area contributed by atoms with Crippen LogP contribution in [0.4, 0.5) is 0 Å². The SMILES string of the molecule is CCc1cc(C#N)cc(Cl)c1Br. The summed E-state index contributed by atoms with van der Waals surface area (Å²) < 4.78 is 0.894. The van der Waals surface area contributed by atoms with Crippen molar-refractivity contribution in [1.82, 2.24) is 0 Å². The Morgan fingerprint density at radius 1 is 1.58 bits per heavy atom. The maximum absolute atomic E-state index is 8.65. The van der Waals surface area contributed by atoms with Crippen LogP contribution in [-0.2, 0) is 6.42 Å². The Morgan fingerprint density at radius 3 is 2.75 bits per heavy atom. The van der Waals surface area contributed by atoms with Crippen LogP contribution < -0.4 is 0 Å². The minimum Gasteiger partial charge on any atom is -0.192 e. The highest BCUT2D eigenvalue weighted by molar-refractivity contribution is 9.10. The number of rotatable bonds is 1. The molecule has 0 aliphatic rings. The first-order chi connectivity index (χ1) is 5.69. The van der Waals surface area contributed by atoms with Crippen molar-refractivity contribution in [3.05, 3.63) is 32.8 Å². The van der Waals surface area contributed by atoms with Crippen LogP contribution in [0.15, 0.2) is 16.6 Å². The molecule has 0 fully saturated rings. The summed E-state index contributed by atoms with van der Waals surface area (Å²) in [4.78, 5) is 0. The van der Waals surface area contributed by atoms with Gasteiger partial charge in [-0.25, -0.2) is 0 Å². The maximum Gasteiger partial charge on any atom is 0.0992 e.